The molecule has 5 nitrogen and oxygen atoms in total. The van der Waals surface area contributed by atoms with Crippen molar-refractivity contribution >= 4 is 11.7 Å². The van der Waals surface area contributed by atoms with E-state index >= 15 is 0 Å². The van der Waals surface area contributed by atoms with Gasteiger partial charge in [0.2, 0.25) is 0 Å². The lowest BCUT2D eigenvalue weighted by Gasteiger charge is -2.14. The summed E-state index contributed by atoms with van der Waals surface area (Å²) in [6.07, 6.45) is 1.76. The number of rotatable bonds is 3. The van der Waals surface area contributed by atoms with Crippen molar-refractivity contribution in [1.29, 1.82) is 0 Å². The molecule has 0 bridgehead atoms. The van der Waals surface area contributed by atoms with Crippen molar-refractivity contribution in [2.45, 2.75) is 32.7 Å². The molecule has 104 valence electrons. The Bertz CT molecular complexity index is 448. The molecule has 1 aliphatic heterocycles. The summed E-state index contributed by atoms with van der Waals surface area (Å²) in [5.74, 6) is 1.41. The maximum atomic E-state index is 11.7. The lowest BCUT2D eigenvalue weighted by Crippen LogP contribution is -2.35. The Hall–Kier alpha value is -1.91. The Kier molecular flexibility index (Phi) is 4.49. The highest BCUT2D eigenvalue weighted by Crippen LogP contribution is 2.32. The third kappa shape index (κ3) is 3.77. The smallest absolute Gasteiger partial charge is 0.319 e. The number of ether oxygens (including phenoxy) is 2. The van der Waals surface area contributed by atoms with E-state index in [1.54, 1.807) is 6.07 Å². The minimum Gasteiger partial charge on any atom is -0.490 e. The number of hydrogen-bond acceptors (Lipinski definition) is 3. The maximum absolute atomic E-state index is 11.7. The van der Waals surface area contributed by atoms with Gasteiger partial charge < -0.3 is 20.1 Å². The summed E-state index contributed by atoms with van der Waals surface area (Å²) in [4.78, 5) is 11.7. The first-order chi connectivity index (χ1) is 9.19. The molecule has 1 aliphatic rings. The van der Waals surface area contributed by atoms with E-state index in [4.69, 9.17) is 9.47 Å². The van der Waals surface area contributed by atoms with E-state index in [2.05, 4.69) is 10.6 Å². The molecule has 1 unspecified atom stereocenters. The highest BCUT2D eigenvalue weighted by Gasteiger charge is 2.12. The van der Waals surface area contributed by atoms with E-state index in [1.807, 2.05) is 26.0 Å². The predicted molar refractivity (Wildman–Crippen MR) is 74.0 cm³/mol. The number of amides is 2. The van der Waals surface area contributed by atoms with Gasteiger partial charge in [0.25, 0.3) is 0 Å². The zero-order valence-corrected chi connectivity index (χ0v) is 11.4. The largest absolute Gasteiger partial charge is 0.490 e. The number of anilines is 1. The summed E-state index contributed by atoms with van der Waals surface area (Å²) in [6.45, 7) is 5.29. The summed E-state index contributed by atoms with van der Waals surface area (Å²) in [5, 5.41) is 5.64. The molecular weight excluding hydrogens is 244 g/mol. The summed E-state index contributed by atoms with van der Waals surface area (Å²) in [6, 6.07) is 5.37. The minimum absolute atomic E-state index is 0.153. The van der Waals surface area contributed by atoms with Crippen molar-refractivity contribution in [2.75, 3.05) is 18.5 Å². The summed E-state index contributed by atoms with van der Waals surface area (Å²) < 4.78 is 11.1. The average molecular weight is 264 g/mol. The van der Waals surface area contributed by atoms with Crippen LogP contribution in [0.25, 0.3) is 0 Å². The second kappa shape index (κ2) is 6.31. The van der Waals surface area contributed by atoms with E-state index in [0.29, 0.717) is 24.7 Å². The normalized spacial score (nSPS) is 15.3. The molecule has 2 rings (SSSR count). The molecule has 1 aromatic rings. The number of carbonyl (C=O) groups excluding carboxylic acids is 1. The van der Waals surface area contributed by atoms with Crippen molar-refractivity contribution in [3.63, 3.8) is 0 Å². The second-order valence-electron chi connectivity index (χ2n) is 4.62. The van der Waals surface area contributed by atoms with Crippen LogP contribution in [0.3, 0.4) is 0 Å². The number of hydrogen-bond donors (Lipinski definition) is 2. The number of urea groups is 1. The summed E-state index contributed by atoms with van der Waals surface area (Å²) >= 11 is 0. The number of carbonyl (C=O) groups is 1. The molecule has 1 heterocycles. The fourth-order valence-corrected chi connectivity index (χ4v) is 1.73. The minimum atomic E-state index is -0.205. The zero-order chi connectivity index (χ0) is 13.7. The topological polar surface area (TPSA) is 59.6 Å². The molecule has 2 N–H and O–H groups in total. The number of nitrogens with one attached hydrogen (secondary N) is 2. The molecular formula is C14H20N2O3. The van der Waals surface area contributed by atoms with Crippen LogP contribution in [-0.2, 0) is 0 Å². The summed E-state index contributed by atoms with van der Waals surface area (Å²) in [7, 11) is 0. The third-order valence-electron chi connectivity index (χ3n) is 3.00. The van der Waals surface area contributed by atoms with Crippen molar-refractivity contribution in [1.82, 2.24) is 5.32 Å². The monoisotopic (exact) mass is 264 g/mol. The molecule has 0 radical (unpaired) electrons. The highest BCUT2D eigenvalue weighted by molar-refractivity contribution is 5.89. The van der Waals surface area contributed by atoms with Gasteiger partial charge in [-0.05, 0) is 25.5 Å². The third-order valence-corrected chi connectivity index (χ3v) is 3.00. The molecule has 1 aromatic carbocycles. The Balaban J connectivity index is 2.01. The van der Waals surface area contributed by atoms with Crippen LogP contribution in [0.2, 0.25) is 0 Å². The predicted octanol–water partition coefficient (Wildman–Crippen LogP) is 2.77. The molecule has 0 fully saturated rings. The van der Waals surface area contributed by atoms with Crippen LogP contribution >= 0.6 is 0 Å². The Morgan fingerprint density at radius 3 is 2.79 bits per heavy atom. The van der Waals surface area contributed by atoms with Gasteiger partial charge in [-0.1, -0.05) is 6.92 Å². The SMILES string of the molecule is CCC(C)NC(=O)Nc1ccc2c(c1)OCCCO2. The zero-order valence-electron chi connectivity index (χ0n) is 11.4. The van der Waals surface area contributed by atoms with Gasteiger partial charge in [0.15, 0.2) is 11.5 Å². The van der Waals surface area contributed by atoms with Crippen molar-refractivity contribution in [3.8, 4) is 11.5 Å². The maximum Gasteiger partial charge on any atom is 0.319 e. The van der Waals surface area contributed by atoms with Crippen molar-refractivity contribution in [2.24, 2.45) is 0 Å². The average Bonchev–Trinajstić information content (AvgIpc) is 2.63. The Morgan fingerprint density at radius 1 is 1.32 bits per heavy atom. The van der Waals surface area contributed by atoms with E-state index in [1.165, 1.54) is 0 Å². The molecule has 0 saturated carbocycles. The number of benzene rings is 1. The molecule has 2 amide bonds. The fraction of sp³-hybridized carbons (Fsp3) is 0.500. The van der Waals surface area contributed by atoms with Crippen LogP contribution in [0.15, 0.2) is 18.2 Å². The lowest BCUT2D eigenvalue weighted by atomic mass is 10.2. The molecule has 19 heavy (non-hydrogen) atoms. The molecule has 0 aliphatic carbocycles. The second-order valence-corrected chi connectivity index (χ2v) is 4.62. The van der Waals surface area contributed by atoms with E-state index < -0.39 is 0 Å². The van der Waals surface area contributed by atoms with Gasteiger partial charge >= 0.3 is 6.03 Å². The van der Waals surface area contributed by atoms with E-state index in [0.717, 1.165) is 18.6 Å². The van der Waals surface area contributed by atoms with E-state index in [-0.39, 0.29) is 12.1 Å². The molecule has 0 saturated heterocycles. The van der Waals surface area contributed by atoms with Gasteiger partial charge in [0, 0.05) is 24.2 Å². The fourth-order valence-electron chi connectivity index (χ4n) is 1.73. The Morgan fingerprint density at radius 2 is 2.05 bits per heavy atom. The first kappa shape index (κ1) is 13.5. The van der Waals surface area contributed by atoms with Gasteiger partial charge in [-0.3, -0.25) is 0 Å². The molecule has 0 aromatic heterocycles. The van der Waals surface area contributed by atoms with E-state index in [9.17, 15) is 4.79 Å². The van der Waals surface area contributed by atoms with Gasteiger partial charge in [-0.2, -0.15) is 0 Å². The standard InChI is InChI=1S/C14H20N2O3/c1-3-10(2)15-14(17)16-11-5-6-12-13(9-11)19-8-4-7-18-12/h5-6,9-10H,3-4,7-8H2,1-2H3,(H2,15,16,17). The highest BCUT2D eigenvalue weighted by atomic mass is 16.5. The van der Waals surface area contributed by atoms with Gasteiger partial charge in [-0.25, -0.2) is 4.79 Å². The van der Waals surface area contributed by atoms with Gasteiger partial charge in [0.1, 0.15) is 0 Å². The first-order valence-corrected chi connectivity index (χ1v) is 6.66. The molecule has 5 heteroatoms. The summed E-state index contributed by atoms with van der Waals surface area (Å²) in [5.41, 5.74) is 0.699. The van der Waals surface area contributed by atoms with Crippen LogP contribution < -0.4 is 20.1 Å². The quantitative estimate of drug-likeness (QED) is 0.882. The van der Waals surface area contributed by atoms with Crippen LogP contribution in [0.4, 0.5) is 10.5 Å². The van der Waals surface area contributed by atoms with Crippen LogP contribution in [0.5, 0.6) is 11.5 Å². The van der Waals surface area contributed by atoms with Gasteiger partial charge in [0.05, 0.1) is 13.2 Å². The van der Waals surface area contributed by atoms with Crippen molar-refractivity contribution in [3.05, 3.63) is 18.2 Å². The van der Waals surface area contributed by atoms with Crippen LogP contribution in [-0.4, -0.2) is 25.3 Å². The molecule has 0 spiro atoms. The number of fused-ring (bicyclic) bond motifs is 1. The lowest BCUT2D eigenvalue weighted by molar-refractivity contribution is 0.249. The van der Waals surface area contributed by atoms with Crippen LogP contribution in [0, 0.1) is 0 Å². The first-order valence-electron chi connectivity index (χ1n) is 6.66. The molecule has 1 atom stereocenters. The van der Waals surface area contributed by atoms with Crippen molar-refractivity contribution < 1.29 is 14.3 Å². The van der Waals surface area contributed by atoms with Gasteiger partial charge in [-0.15, -0.1) is 0 Å². The van der Waals surface area contributed by atoms with Crippen LogP contribution in [0.1, 0.15) is 26.7 Å². The Labute approximate surface area is 113 Å².